The van der Waals surface area contributed by atoms with Crippen LogP contribution in [-0.2, 0) is 13.6 Å². The van der Waals surface area contributed by atoms with Crippen molar-refractivity contribution in [2.45, 2.75) is 34.2 Å². The third kappa shape index (κ3) is 4.97. The smallest absolute Gasteiger partial charge is 0.257 e. The molecule has 7 heteroatoms. The summed E-state index contributed by atoms with van der Waals surface area (Å²) in [4.78, 5) is 17.5. The highest BCUT2D eigenvalue weighted by atomic mass is 79.9. The number of benzene rings is 2. The van der Waals surface area contributed by atoms with E-state index in [0.29, 0.717) is 18.1 Å². The van der Waals surface area contributed by atoms with Gasteiger partial charge in [0.25, 0.3) is 5.91 Å². The number of carbonyl (C=O) groups is 1. The van der Waals surface area contributed by atoms with Gasteiger partial charge in [-0.25, -0.2) is 4.99 Å². The molecule has 0 saturated heterocycles. The molecule has 156 valence electrons. The molecule has 0 atom stereocenters. The Bertz CT molecular complexity index is 1120. The van der Waals surface area contributed by atoms with Gasteiger partial charge in [0.2, 0.25) is 5.96 Å². The molecule has 0 unspecified atom stereocenters. The molecule has 0 saturated carbocycles. The standard InChI is InChI=1S/C23H26BrN5O/c1-14-8-6-11-21(15(14)2)26-23(25-13-20-16(3)28-29(5)17(20)4)27-22(30)18-9-7-10-19(24)12-18/h6-12H,13H2,1-5H3,(H2,25,26,27,30). The molecule has 1 amide bonds. The SMILES string of the molecule is Cc1cccc(NC(=NCc2c(C)nn(C)c2C)NC(=O)c2cccc(Br)c2)c1C. The maximum absolute atomic E-state index is 12.8. The number of amides is 1. The van der Waals surface area contributed by atoms with E-state index in [1.54, 1.807) is 12.1 Å². The van der Waals surface area contributed by atoms with Crippen LogP contribution in [0.5, 0.6) is 0 Å². The second kappa shape index (κ2) is 9.26. The minimum Gasteiger partial charge on any atom is -0.326 e. The van der Waals surface area contributed by atoms with E-state index < -0.39 is 0 Å². The number of rotatable bonds is 4. The highest BCUT2D eigenvalue weighted by molar-refractivity contribution is 9.10. The lowest BCUT2D eigenvalue weighted by Gasteiger charge is -2.15. The second-order valence-corrected chi connectivity index (χ2v) is 8.19. The number of aliphatic imine (C=N–C) groups is 1. The number of halogens is 1. The average molecular weight is 468 g/mol. The first-order chi connectivity index (χ1) is 14.3. The van der Waals surface area contributed by atoms with Crippen LogP contribution in [0.4, 0.5) is 5.69 Å². The Labute approximate surface area is 185 Å². The van der Waals surface area contributed by atoms with Gasteiger partial charge in [-0.3, -0.25) is 14.8 Å². The van der Waals surface area contributed by atoms with Gasteiger partial charge in [-0.1, -0.05) is 34.1 Å². The van der Waals surface area contributed by atoms with E-state index in [4.69, 9.17) is 4.99 Å². The fourth-order valence-electron chi connectivity index (χ4n) is 3.14. The number of guanidine groups is 1. The normalized spacial score (nSPS) is 11.5. The molecule has 0 fully saturated rings. The van der Waals surface area contributed by atoms with Crippen LogP contribution in [0.25, 0.3) is 0 Å². The third-order valence-corrected chi connectivity index (χ3v) is 5.72. The average Bonchev–Trinajstić information content (AvgIpc) is 2.95. The fraction of sp³-hybridized carbons (Fsp3) is 0.261. The van der Waals surface area contributed by atoms with E-state index in [1.165, 1.54) is 0 Å². The van der Waals surface area contributed by atoms with Crippen LogP contribution < -0.4 is 10.6 Å². The lowest BCUT2D eigenvalue weighted by Crippen LogP contribution is -2.36. The zero-order chi connectivity index (χ0) is 21.8. The molecule has 1 heterocycles. The van der Waals surface area contributed by atoms with Crippen molar-refractivity contribution in [3.8, 4) is 0 Å². The van der Waals surface area contributed by atoms with E-state index in [1.807, 2.05) is 56.8 Å². The number of anilines is 1. The second-order valence-electron chi connectivity index (χ2n) is 7.27. The van der Waals surface area contributed by atoms with Gasteiger partial charge in [0.05, 0.1) is 12.2 Å². The Kier molecular flexibility index (Phi) is 6.72. The van der Waals surface area contributed by atoms with Gasteiger partial charge >= 0.3 is 0 Å². The Morgan fingerprint density at radius 1 is 1.13 bits per heavy atom. The fourth-order valence-corrected chi connectivity index (χ4v) is 3.54. The summed E-state index contributed by atoms with van der Waals surface area (Å²) in [5.41, 5.74) is 6.77. The quantitative estimate of drug-likeness (QED) is 0.426. The van der Waals surface area contributed by atoms with E-state index in [-0.39, 0.29) is 5.91 Å². The maximum atomic E-state index is 12.8. The van der Waals surface area contributed by atoms with Crippen LogP contribution in [-0.4, -0.2) is 21.6 Å². The lowest BCUT2D eigenvalue weighted by atomic mass is 10.1. The summed E-state index contributed by atoms with van der Waals surface area (Å²) >= 11 is 3.41. The van der Waals surface area contributed by atoms with Crippen molar-refractivity contribution in [1.82, 2.24) is 15.1 Å². The molecule has 0 bridgehead atoms. The molecule has 3 aromatic rings. The van der Waals surface area contributed by atoms with Crippen LogP contribution in [0, 0.1) is 27.7 Å². The van der Waals surface area contributed by atoms with Crippen molar-refractivity contribution in [2.75, 3.05) is 5.32 Å². The van der Waals surface area contributed by atoms with Crippen molar-refractivity contribution in [1.29, 1.82) is 0 Å². The summed E-state index contributed by atoms with van der Waals surface area (Å²) in [6, 6.07) is 13.3. The van der Waals surface area contributed by atoms with Crippen LogP contribution in [0.1, 0.15) is 38.4 Å². The van der Waals surface area contributed by atoms with Crippen molar-refractivity contribution in [3.63, 3.8) is 0 Å². The Morgan fingerprint density at radius 2 is 1.87 bits per heavy atom. The highest BCUT2D eigenvalue weighted by Crippen LogP contribution is 2.19. The van der Waals surface area contributed by atoms with Gasteiger partial charge in [0.15, 0.2) is 0 Å². The van der Waals surface area contributed by atoms with Crippen molar-refractivity contribution >= 4 is 33.5 Å². The number of hydrogen-bond acceptors (Lipinski definition) is 3. The predicted molar refractivity (Wildman–Crippen MR) is 125 cm³/mol. The number of nitrogens with one attached hydrogen (secondary N) is 2. The van der Waals surface area contributed by atoms with Gasteiger partial charge in [-0.05, 0) is 63.1 Å². The summed E-state index contributed by atoms with van der Waals surface area (Å²) in [6.07, 6.45) is 0. The van der Waals surface area contributed by atoms with Gasteiger partial charge < -0.3 is 5.32 Å². The Balaban J connectivity index is 1.91. The van der Waals surface area contributed by atoms with Crippen molar-refractivity contribution in [2.24, 2.45) is 12.0 Å². The number of aryl methyl sites for hydroxylation is 3. The number of carbonyl (C=O) groups excluding carboxylic acids is 1. The number of hydrogen-bond donors (Lipinski definition) is 2. The first-order valence-corrected chi connectivity index (χ1v) is 10.5. The maximum Gasteiger partial charge on any atom is 0.257 e. The molecular weight excluding hydrogens is 442 g/mol. The summed E-state index contributed by atoms with van der Waals surface area (Å²) in [7, 11) is 1.92. The number of aromatic nitrogens is 2. The summed E-state index contributed by atoms with van der Waals surface area (Å²) in [6.45, 7) is 8.50. The molecule has 2 aromatic carbocycles. The van der Waals surface area contributed by atoms with E-state index in [2.05, 4.69) is 44.7 Å². The molecule has 6 nitrogen and oxygen atoms in total. The third-order valence-electron chi connectivity index (χ3n) is 5.23. The zero-order valence-corrected chi connectivity index (χ0v) is 19.5. The van der Waals surface area contributed by atoms with Crippen LogP contribution in [0.2, 0.25) is 0 Å². The van der Waals surface area contributed by atoms with Gasteiger partial charge in [-0.15, -0.1) is 0 Å². The molecule has 0 radical (unpaired) electrons. The summed E-state index contributed by atoms with van der Waals surface area (Å²) in [5.74, 6) is 0.170. The first-order valence-electron chi connectivity index (χ1n) is 9.70. The molecular formula is C23H26BrN5O. The van der Waals surface area contributed by atoms with Crippen molar-refractivity contribution in [3.05, 3.63) is 80.6 Å². The minimum atomic E-state index is -0.229. The Hall–Kier alpha value is -2.93. The van der Waals surface area contributed by atoms with Crippen LogP contribution in [0.3, 0.4) is 0 Å². The molecule has 30 heavy (non-hydrogen) atoms. The highest BCUT2D eigenvalue weighted by Gasteiger charge is 2.13. The van der Waals surface area contributed by atoms with Crippen LogP contribution >= 0.6 is 15.9 Å². The molecule has 0 aliphatic carbocycles. The minimum absolute atomic E-state index is 0.229. The van der Waals surface area contributed by atoms with Crippen molar-refractivity contribution < 1.29 is 4.79 Å². The van der Waals surface area contributed by atoms with E-state index in [0.717, 1.165) is 38.2 Å². The lowest BCUT2D eigenvalue weighted by molar-refractivity contribution is 0.0977. The molecule has 0 spiro atoms. The first kappa shape index (κ1) is 21.8. The molecule has 0 aliphatic rings. The van der Waals surface area contributed by atoms with E-state index >= 15 is 0 Å². The molecule has 3 rings (SSSR count). The topological polar surface area (TPSA) is 71.3 Å². The van der Waals surface area contributed by atoms with Gasteiger partial charge in [-0.2, -0.15) is 5.10 Å². The summed E-state index contributed by atoms with van der Waals surface area (Å²) < 4.78 is 2.69. The monoisotopic (exact) mass is 467 g/mol. The predicted octanol–water partition coefficient (Wildman–Crippen LogP) is 4.81. The van der Waals surface area contributed by atoms with Crippen LogP contribution in [0.15, 0.2) is 51.9 Å². The van der Waals surface area contributed by atoms with Gasteiger partial charge in [0, 0.05) is 34.0 Å². The number of nitrogens with zero attached hydrogens (tertiary/aromatic N) is 3. The molecule has 2 N–H and O–H groups in total. The van der Waals surface area contributed by atoms with E-state index in [9.17, 15) is 4.79 Å². The molecule has 0 aliphatic heterocycles. The zero-order valence-electron chi connectivity index (χ0n) is 17.9. The Morgan fingerprint density at radius 3 is 2.53 bits per heavy atom. The largest absolute Gasteiger partial charge is 0.326 e. The van der Waals surface area contributed by atoms with Gasteiger partial charge in [0.1, 0.15) is 0 Å². The molecule has 1 aromatic heterocycles. The summed E-state index contributed by atoms with van der Waals surface area (Å²) in [5, 5.41) is 10.7.